The summed E-state index contributed by atoms with van der Waals surface area (Å²) < 4.78 is 22.1. The van der Waals surface area contributed by atoms with Gasteiger partial charge in [0.05, 0.1) is 10.8 Å². The van der Waals surface area contributed by atoms with Crippen LogP contribution in [0.15, 0.2) is 42.5 Å². The average molecular weight is 425 g/mol. The number of rotatable bonds is 8. The molecule has 1 saturated heterocycles. The Morgan fingerprint density at radius 2 is 1.80 bits per heavy atom. The number of hydrogen-bond acceptors (Lipinski definition) is 2. The fourth-order valence-electron chi connectivity index (χ4n) is 4.57. The molecule has 4 rings (SSSR count). The highest BCUT2D eigenvalue weighted by Gasteiger charge is 2.21. The van der Waals surface area contributed by atoms with Crippen LogP contribution in [-0.2, 0) is 17.6 Å². The molecule has 1 nitrogen and oxygen atoms in total. The maximum atomic E-state index is 15.3. The second-order valence-corrected chi connectivity index (χ2v) is 9.79. The maximum absolute atomic E-state index is 15.3. The van der Waals surface area contributed by atoms with Gasteiger partial charge in [-0.05, 0) is 72.6 Å². The third-order valence-electron chi connectivity index (χ3n) is 6.38. The predicted molar refractivity (Wildman–Crippen MR) is 127 cm³/mol. The van der Waals surface area contributed by atoms with E-state index < -0.39 is 0 Å². The van der Waals surface area contributed by atoms with E-state index in [9.17, 15) is 0 Å². The molecule has 2 heterocycles. The van der Waals surface area contributed by atoms with Crippen molar-refractivity contribution >= 4 is 21.4 Å². The Bertz CT molecular complexity index is 951. The third kappa shape index (κ3) is 4.95. The fraction of sp³-hybridized carbons (Fsp3) is 0.481. The van der Waals surface area contributed by atoms with Crippen molar-refractivity contribution in [3.63, 3.8) is 0 Å². The van der Waals surface area contributed by atoms with Crippen LogP contribution in [0, 0.1) is 11.7 Å². The van der Waals surface area contributed by atoms with Gasteiger partial charge in [-0.1, -0.05) is 63.1 Å². The first-order valence-electron chi connectivity index (χ1n) is 11.6. The van der Waals surface area contributed by atoms with Crippen LogP contribution in [-0.4, -0.2) is 12.7 Å². The van der Waals surface area contributed by atoms with Gasteiger partial charge in [-0.2, -0.15) is 0 Å². The summed E-state index contributed by atoms with van der Waals surface area (Å²) in [6, 6.07) is 14.9. The first-order valence-corrected chi connectivity index (χ1v) is 12.4. The first kappa shape index (κ1) is 21.5. The highest BCUT2D eigenvalue weighted by Crippen LogP contribution is 2.37. The summed E-state index contributed by atoms with van der Waals surface area (Å²) in [5, 5.41) is 1.01. The molecule has 0 bridgehead atoms. The molecule has 1 aromatic heterocycles. The molecule has 1 fully saturated rings. The molecule has 2 unspecified atom stereocenters. The normalized spacial score (nSPS) is 19.4. The monoisotopic (exact) mass is 424 g/mol. The van der Waals surface area contributed by atoms with Gasteiger partial charge in [0.15, 0.2) is 0 Å². The minimum Gasteiger partial charge on any atom is -0.378 e. The molecule has 3 heteroatoms. The summed E-state index contributed by atoms with van der Waals surface area (Å²) in [6.07, 6.45) is 9.24. The van der Waals surface area contributed by atoms with Crippen LogP contribution in [0.3, 0.4) is 0 Å². The Morgan fingerprint density at radius 1 is 0.967 bits per heavy atom. The van der Waals surface area contributed by atoms with Gasteiger partial charge in [0.25, 0.3) is 0 Å². The van der Waals surface area contributed by atoms with E-state index in [1.54, 1.807) is 11.3 Å². The lowest BCUT2D eigenvalue weighted by molar-refractivity contribution is -0.0218. The molecule has 0 spiro atoms. The van der Waals surface area contributed by atoms with Crippen LogP contribution >= 0.6 is 11.3 Å². The number of halogens is 1. The topological polar surface area (TPSA) is 9.23 Å². The summed E-state index contributed by atoms with van der Waals surface area (Å²) in [7, 11) is 0. The molecule has 3 aromatic rings. The zero-order valence-electron chi connectivity index (χ0n) is 18.3. The molecular weight excluding hydrogens is 391 g/mol. The Morgan fingerprint density at radius 3 is 2.50 bits per heavy atom. The molecule has 2 atom stereocenters. The van der Waals surface area contributed by atoms with Crippen LogP contribution in [0.1, 0.15) is 63.5 Å². The number of hydrogen-bond donors (Lipinski definition) is 0. The van der Waals surface area contributed by atoms with Crippen LogP contribution in [0.2, 0.25) is 0 Å². The molecule has 1 aliphatic heterocycles. The fourth-order valence-corrected chi connectivity index (χ4v) is 5.69. The highest BCUT2D eigenvalue weighted by atomic mass is 32.1. The SMILES string of the molecule is CCCc1ccc(-c2cc3ccc(CCC4CCC(CCC)OC4)c(F)c3s2)cc1. The number of ether oxygens (including phenoxy) is 1. The number of benzene rings is 2. The van der Waals surface area contributed by atoms with Crippen molar-refractivity contribution < 1.29 is 9.13 Å². The van der Waals surface area contributed by atoms with Gasteiger partial charge in [-0.3, -0.25) is 0 Å². The first-order chi connectivity index (χ1) is 14.7. The molecule has 0 amide bonds. The third-order valence-corrected chi connectivity index (χ3v) is 7.57. The van der Waals surface area contributed by atoms with E-state index in [0.717, 1.165) is 59.2 Å². The van der Waals surface area contributed by atoms with Crippen molar-refractivity contribution in [3.05, 3.63) is 59.4 Å². The van der Waals surface area contributed by atoms with Crippen LogP contribution < -0.4 is 0 Å². The second kappa shape index (κ2) is 10.1. The van der Waals surface area contributed by atoms with E-state index in [-0.39, 0.29) is 5.82 Å². The van der Waals surface area contributed by atoms with E-state index in [1.807, 2.05) is 6.07 Å². The van der Waals surface area contributed by atoms with Crippen molar-refractivity contribution in [2.75, 3.05) is 6.61 Å². The van der Waals surface area contributed by atoms with Crippen molar-refractivity contribution in [2.45, 2.75) is 71.3 Å². The van der Waals surface area contributed by atoms with E-state index in [4.69, 9.17) is 4.74 Å². The largest absolute Gasteiger partial charge is 0.378 e. The molecular formula is C27H33FOS. The molecule has 1 aliphatic rings. The van der Waals surface area contributed by atoms with E-state index in [2.05, 4.69) is 50.2 Å². The average Bonchev–Trinajstić information content (AvgIpc) is 3.21. The summed E-state index contributed by atoms with van der Waals surface area (Å²) in [5.41, 5.74) is 3.39. The number of fused-ring (bicyclic) bond motifs is 1. The van der Waals surface area contributed by atoms with Crippen LogP contribution in [0.4, 0.5) is 4.39 Å². The van der Waals surface area contributed by atoms with Gasteiger partial charge in [-0.15, -0.1) is 11.3 Å². The van der Waals surface area contributed by atoms with Crippen molar-refractivity contribution in [3.8, 4) is 10.4 Å². The Balaban J connectivity index is 1.44. The lowest BCUT2D eigenvalue weighted by Crippen LogP contribution is -2.26. The smallest absolute Gasteiger partial charge is 0.144 e. The van der Waals surface area contributed by atoms with Gasteiger partial charge in [0.1, 0.15) is 5.82 Å². The van der Waals surface area contributed by atoms with Crippen LogP contribution in [0.5, 0.6) is 0 Å². The van der Waals surface area contributed by atoms with Gasteiger partial charge in [0, 0.05) is 11.5 Å². The summed E-state index contributed by atoms with van der Waals surface area (Å²) in [4.78, 5) is 1.15. The zero-order valence-corrected chi connectivity index (χ0v) is 19.1. The highest BCUT2D eigenvalue weighted by molar-refractivity contribution is 7.22. The molecule has 30 heavy (non-hydrogen) atoms. The Kier molecular flexibility index (Phi) is 7.22. The molecule has 0 radical (unpaired) electrons. The standard InChI is InChI=1S/C27H33FOS/c1-3-5-19-7-11-21(12-8-19)25-17-23-15-14-22(26(28)27(23)30-25)13-9-20-10-16-24(6-4-2)29-18-20/h7-8,11-12,14-15,17,20,24H,3-6,9-10,13,16,18H2,1-2H3. The Labute approximate surface area is 184 Å². The zero-order chi connectivity index (χ0) is 20.9. The maximum Gasteiger partial charge on any atom is 0.144 e. The number of thiophene rings is 1. The van der Waals surface area contributed by atoms with Gasteiger partial charge >= 0.3 is 0 Å². The van der Waals surface area contributed by atoms with Crippen molar-refractivity contribution in [2.24, 2.45) is 5.92 Å². The van der Waals surface area contributed by atoms with Crippen molar-refractivity contribution in [1.82, 2.24) is 0 Å². The molecule has 0 saturated carbocycles. The second-order valence-electron chi connectivity index (χ2n) is 8.74. The van der Waals surface area contributed by atoms with E-state index in [0.29, 0.717) is 12.0 Å². The van der Waals surface area contributed by atoms with Crippen LogP contribution in [0.25, 0.3) is 20.5 Å². The summed E-state index contributed by atoms with van der Waals surface area (Å²) in [6.45, 7) is 5.25. The van der Waals surface area contributed by atoms with Crippen molar-refractivity contribution in [1.29, 1.82) is 0 Å². The predicted octanol–water partition coefficient (Wildman–Crippen LogP) is 8.19. The minimum atomic E-state index is -0.0214. The molecule has 0 N–H and O–H groups in total. The van der Waals surface area contributed by atoms with E-state index >= 15 is 4.39 Å². The molecule has 160 valence electrons. The lowest BCUT2D eigenvalue weighted by Gasteiger charge is -2.29. The quantitative estimate of drug-likeness (QED) is 0.354. The van der Waals surface area contributed by atoms with Gasteiger partial charge < -0.3 is 4.74 Å². The molecule has 0 aliphatic carbocycles. The Hall–Kier alpha value is -1.71. The summed E-state index contributed by atoms with van der Waals surface area (Å²) in [5.74, 6) is 0.542. The minimum absolute atomic E-state index is 0.0214. The summed E-state index contributed by atoms with van der Waals surface area (Å²) >= 11 is 1.58. The van der Waals surface area contributed by atoms with E-state index in [1.165, 1.54) is 30.4 Å². The van der Waals surface area contributed by atoms with Gasteiger partial charge in [-0.25, -0.2) is 4.39 Å². The number of aryl methyl sites for hydroxylation is 2. The lowest BCUT2D eigenvalue weighted by atomic mass is 9.91. The van der Waals surface area contributed by atoms with Gasteiger partial charge in [0.2, 0.25) is 0 Å². The molecule has 2 aromatic carbocycles.